The van der Waals surface area contributed by atoms with Crippen molar-refractivity contribution >= 4 is 11.6 Å². The molecule has 132 valence electrons. The fraction of sp³-hybridized carbons (Fsp3) is 0.333. The Morgan fingerprint density at radius 3 is 1.68 bits per heavy atom. The maximum absolute atomic E-state index is 12.8. The first-order valence-electron chi connectivity index (χ1n) is 8.20. The van der Waals surface area contributed by atoms with Crippen LogP contribution in [0.2, 0.25) is 0 Å². The molecule has 0 saturated carbocycles. The molecule has 2 aromatic carbocycles. The topological polar surface area (TPSA) is 74.6 Å². The largest absolute Gasteiger partial charge is 0.383 e. The summed E-state index contributed by atoms with van der Waals surface area (Å²) in [5.41, 5.74) is -1.11. The Balaban J connectivity index is 2.46. The van der Waals surface area contributed by atoms with E-state index in [2.05, 4.69) is 0 Å². The zero-order chi connectivity index (χ0) is 18.8. The number of aliphatic hydroxyl groups is 2. The van der Waals surface area contributed by atoms with E-state index in [1.807, 2.05) is 30.3 Å². The molecule has 0 aliphatic carbocycles. The first kappa shape index (κ1) is 19.0. The van der Waals surface area contributed by atoms with E-state index in [0.29, 0.717) is 11.1 Å². The summed E-state index contributed by atoms with van der Waals surface area (Å²) in [4.78, 5) is 24.9. The van der Waals surface area contributed by atoms with E-state index >= 15 is 0 Å². The molecule has 0 amide bonds. The SMILES string of the molecule is CC(C)(O)C(=O)c1ccc(C(C(=O)C(C)(C)O)c2ccccc2)cc1. The molecule has 2 N–H and O–H groups in total. The fourth-order valence-electron chi connectivity index (χ4n) is 2.67. The van der Waals surface area contributed by atoms with E-state index in [-0.39, 0.29) is 11.6 Å². The van der Waals surface area contributed by atoms with Crippen LogP contribution in [0, 0.1) is 0 Å². The molecular weight excluding hydrogens is 316 g/mol. The maximum atomic E-state index is 12.8. The maximum Gasteiger partial charge on any atom is 0.193 e. The van der Waals surface area contributed by atoms with Crippen LogP contribution in [-0.4, -0.2) is 33.0 Å². The second kappa shape index (κ2) is 6.90. The van der Waals surface area contributed by atoms with Crippen LogP contribution in [0.1, 0.15) is 55.1 Å². The van der Waals surface area contributed by atoms with Crippen molar-refractivity contribution < 1.29 is 19.8 Å². The smallest absolute Gasteiger partial charge is 0.193 e. The molecule has 0 heterocycles. The fourth-order valence-corrected chi connectivity index (χ4v) is 2.67. The predicted molar refractivity (Wildman–Crippen MR) is 96.7 cm³/mol. The van der Waals surface area contributed by atoms with Crippen molar-refractivity contribution in [2.45, 2.75) is 44.8 Å². The number of carbonyl (C=O) groups excluding carboxylic acids is 2. The predicted octanol–water partition coefficient (Wildman–Crippen LogP) is 3.11. The highest BCUT2D eigenvalue weighted by Crippen LogP contribution is 2.30. The number of ketones is 2. The van der Waals surface area contributed by atoms with Crippen molar-refractivity contribution in [2.75, 3.05) is 0 Å². The average molecular weight is 340 g/mol. The lowest BCUT2D eigenvalue weighted by atomic mass is 9.81. The van der Waals surface area contributed by atoms with E-state index in [0.717, 1.165) is 5.56 Å². The molecule has 0 aliphatic heterocycles. The minimum Gasteiger partial charge on any atom is -0.383 e. The summed E-state index contributed by atoms with van der Waals surface area (Å²) < 4.78 is 0. The van der Waals surface area contributed by atoms with E-state index < -0.39 is 17.1 Å². The van der Waals surface area contributed by atoms with Gasteiger partial charge in [-0.2, -0.15) is 0 Å². The Morgan fingerprint density at radius 1 is 0.760 bits per heavy atom. The second-order valence-corrected chi connectivity index (χ2v) is 7.28. The Labute approximate surface area is 148 Å². The molecule has 4 heteroatoms. The van der Waals surface area contributed by atoms with Crippen LogP contribution in [-0.2, 0) is 4.79 Å². The molecule has 0 aromatic heterocycles. The third-order valence-corrected chi connectivity index (χ3v) is 4.06. The van der Waals surface area contributed by atoms with Gasteiger partial charge in [-0.25, -0.2) is 0 Å². The highest BCUT2D eigenvalue weighted by Gasteiger charge is 2.34. The molecule has 1 atom stereocenters. The molecule has 0 saturated heterocycles. The minimum absolute atomic E-state index is 0.319. The van der Waals surface area contributed by atoms with Gasteiger partial charge in [-0.15, -0.1) is 0 Å². The molecule has 0 fully saturated rings. The van der Waals surface area contributed by atoms with Crippen molar-refractivity contribution in [3.63, 3.8) is 0 Å². The zero-order valence-electron chi connectivity index (χ0n) is 15.0. The summed E-state index contributed by atoms with van der Waals surface area (Å²) in [6.07, 6.45) is 0. The van der Waals surface area contributed by atoms with Crippen LogP contribution < -0.4 is 0 Å². The molecule has 0 spiro atoms. The van der Waals surface area contributed by atoms with E-state index in [9.17, 15) is 19.8 Å². The number of hydrogen-bond donors (Lipinski definition) is 2. The van der Waals surface area contributed by atoms with Crippen LogP contribution in [0.25, 0.3) is 0 Å². The normalized spacial score (nSPS) is 13.4. The zero-order valence-corrected chi connectivity index (χ0v) is 15.0. The second-order valence-electron chi connectivity index (χ2n) is 7.28. The highest BCUT2D eigenvalue weighted by molar-refractivity contribution is 6.02. The van der Waals surface area contributed by atoms with Crippen LogP contribution >= 0.6 is 0 Å². The van der Waals surface area contributed by atoms with Gasteiger partial charge < -0.3 is 10.2 Å². The van der Waals surface area contributed by atoms with Gasteiger partial charge in [0.05, 0.1) is 5.92 Å². The van der Waals surface area contributed by atoms with Crippen molar-refractivity contribution in [2.24, 2.45) is 0 Å². The van der Waals surface area contributed by atoms with Gasteiger partial charge in [0.25, 0.3) is 0 Å². The van der Waals surface area contributed by atoms with Gasteiger partial charge >= 0.3 is 0 Å². The molecule has 25 heavy (non-hydrogen) atoms. The Kier molecular flexibility index (Phi) is 5.26. The number of rotatable bonds is 6. The molecule has 2 rings (SSSR count). The lowest BCUT2D eigenvalue weighted by Gasteiger charge is -2.25. The monoisotopic (exact) mass is 340 g/mol. The first-order chi connectivity index (χ1) is 11.5. The van der Waals surface area contributed by atoms with Gasteiger partial charge in [-0.05, 0) is 38.8 Å². The van der Waals surface area contributed by atoms with E-state index in [1.54, 1.807) is 24.3 Å². The van der Waals surface area contributed by atoms with Crippen molar-refractivity contribution in [3.05, 3.63) is 71.3 Å². The summed E-state index contributed by atoms with van der Waals surface area (Å²) >= 11 is 0. The van der Waals surface area contributed by atoms with Gasteiger partial charge in [-0.1, -0.05) is 54.6 Å². The molecule has 0 radical (unpaired) electrons. The third-order valence-electron chi connectivity index (χ3n) is 4.06. The Bertz CT molecular complexity index is 747. The van der Waals surface area contributed by atoms with Crippen LogP contribution in [0.15, 0.2) is 54.6 Å². The van der Waals surface area contributed by atoms with Gasteiger partial charge in [0, 0.05) is 5.56 Å². The molecule has 1 unspecified atom stereocenters. The van der Waals surface area contributed by atoms with Crippen LogP contribution in [0.5, 0.6) is 0 Å². The summed E-state index contributed by atoms with van der Waals surface area (Å²) in [5, 5.41) is 20.0. The van der Waals surface area contributed by atoms with E-state index in [1.165, 1.54) is 27.7 Å². The number of hydrogen-bond acceptors (Lipinski definition) is 4. The van der Waals surface area contributed by atoms with Crippen LogP contribution in [0.3, 0.4) is 0 Å². The van der Waals surface area contributed by atoms with E-state index in [4.69, 9.17) is 0 Å². The summed E-state index contributed by atoms with van der Waals surface area (Å²) in [6.45, 7) is 5.82. The standard InChI is InChI=1S/C21H24O4/c1-20(2,24)18(22)16-12-10-15(11-13-16)17(19(23)21(3,4)25)14-8-6-5-7-9-14/h5-13,17,24-25H,1-4H3. The molecule has 2 aromatic rings. The molecule has 0 aliphatic rings. The van der Waals surface area contributed by atoms with Gasteiger partial charge in [-0.3, -0.25) is 9.59 Å². The summed E-state index contributed by atoms with van der Waals surface area (Å²) in [5.74, 6) is -1.34. The average Bonchev–Trinajstić information content (AvgIpc) is 2.54. The number of Topliss-reactive ketones (excluding diaryl/α,β-unsaturated/α-hetero) is 2. The Morgan fingerprint density at radius 2 is 1.24 bits per heavy atom. The lowest BCUT2D eigenvalue weighted by Crippen LogP contribution is -2.36. The van der Waals surface area contributed by atoms with Gasteiger partial charge in [0.2, 0.25) is 0 Å². The lowest BCUT2D eigenvalue weighted by molar-refractivity contribution is -0.134. The third kappa shape index (κ3) is 4.41. The molecular formula is C21H24O4. The first-order valence-corrected chi connectivity index (χ1v) is 8.20. The van der Waals surface area contributed by atoms with Crippen molar-refractivity contribution in [1.82, 2.24) is 0 Å². The highest BCUT2D eigenvalue weighted by atomic mass is 16.3. The molecule has 0 bridgehead atoms. The minimum atomic E-state index is -1.48. The molecule has 4 nitrogen and oxygen atoms in total. The summed E-state index contributed by atoms with van der Waals surface area (Å²) in [7, 11) is 0. The van der Waals surface area contributed by atoms with Gasteiger partial charge in [0.1, 0.15) is 11.2 Å². The van der Waals surface area contributed by atoms with Crippen molar-refractivity contribution in [1.29, 1.82) is 0 Å². The summed E-state index contributed by atoms with van der Waals surface area (Å²) in [6, 6.07) is 15.8. The number of carbonyl (C=O) groups is 2. The van der Waals surface area contributed by atoms with Gasteiger partial charge in [0.15, 0.2) is 11.6 Å². The van der Waals surface area contributed by atoms with Crippen LogP contribution in [0.4, 0.5) is 0 Å². The number of benzene rings is 2. The quantitative estimate of drug-likeness (QED) is 0.793. The Hall–Kier alpha value is -2.30. The van der Waals surface area contributed by atoms with Crippen molar-refractivity contribution in [3.8, 4) is 0 Å².